The highest BCUT2D eigenvalue weighted by molar-refractivity contribution is 5.63. The third kappa shape index (κ3) is 3.72. The van der Waals surface area contributed by atoms with Crippen molar-refractivity contribution in [2.45, 2.75) is 26.0 Å². The molecule has 0 spiro atoms. The number of ether oxygens (including phenoxy) is 1. The molecule has 2 nitrogen and oxygen atoms in total. The lowest BCUT2D eigenvalue weighted by atomic mass is 10.0. The van der Waals surface area contributed by atoms with Crippen LogP contribution in [0, 0.1) is 5.92 Å². The fraction of sp³-hybridized carbons (Fsp3) is 0.368. The van der Waals surface area contributed by atoms with Gasteiger partial charge in [0.15, 0.2) is 0 Å². The van der Waals surface area contributed by atoms with E-state index in [0.29, 0.717) is 12.0 Å². The maximum Gasteiger partial charge on any atom is 0.0588 e. The Kier molecular flexibility index (Phi) is 4.69. The van der Waals surface area contributed by atoms with Gasteiger partial charge in [0.1, 0.15) is 0 Å². The van der Waals surface area contributed by atoms with Gasteiger partial charge in [0.05, 0.1) is 6.10 Å². The topological polar surface area (TPSA) is 21.3 Å². The van der Waals surface area contributed by atoms with Crippen molar-refractivity contribution in [2.24, 2.45) is 5.92 Å². The van der Waals surface area contributed by atoms with Gasteiger partial charge in [-0.2, -0.15) is 0 Å². The zero-order valence-corrected chi connectivity index (χ0v) is 12.6. The molecule has 0 aliphatic carbocycles. The van der Waals surface area contributed by atoms with E-state index in [0.717, 1.165) is 19.7 Å². The van der Waals surface area contributed by atoms with Crippen molar-refractivity contribution in [2.75, 3.05) is 13.2 Å². The molecule has 0 bridgehead atoms. The molecule has 2 aromatic rings. The predicted octanol–water partition coefficient (Wildman–Crippen LogP) is 3.87. The van der Waals surface area contributed by atoms with Crippen LogP contribution in [-0.2, 0) is 11.3 Å². The highest BCUT2D eigenvalue weighted by Gasteiger charge is 2.23. The molecular formula is C19H23NO. The van der Waals surface area contributed by atoms with Crippen molar-refractivity contribution in [1.29, 1.82) is 0 Å². The number of hydrogen-bond donors (Lipinski definition) is 1. The first-order valence-corrected chi connectivity index (χ1v) is 7.79. The Hall–Kier alpha value is -1.64. The summed E-state index contributed by atoms with van der Waals surface area (Å²) in [6.45, 7) is 5.06. The molecule has 2 atom stereocenters. The summed E-state index contributed by atoms with van der Waals surface area (Å²) < 4.78 is 5.59. The number of rotatable bonds is 5. The van der Waals surface area contributed by atoms with Crippen LogP contribution in [0.2, 0.25) is 0 Å². The molecule has 3 rings (SSSR count). The van der Waals surface area contributed by atoms with E-state index in [4.69, 9.17) is 4.74 Å². The minimum Gasteiger partial charge on any atom is -0.378 e. The summed E-state index contributed by atoms with van der Waals surface area (Å²) >= 11 is 0. The van der Waals surface area contributed by atoms with E-state index < -0.39 is 0 Å². The Morgan fingerprint density at radius 2 is 1.71 bits per heavy atom. The zero-order chi connectivity index (χ0) is 14.5. The second-order valence-electron chi connectivity index (χ2n) is 5.82. The fourth-order valence-electron chi connectivity index (χ4n) is 2.89. The van der Waals surface area contributed by atoms with Crippen molar-refractivity contribution in [3.8, 4) is 11.1 Å². The normalized spacial score (nSPS) is 21.6. The van der Waals surface area contributed by atoms with Crippen molar-refractivity contribution in [1.82, 2.24) is 5.32 Å². The Morgan fingerprint density at radius 1 is 1.00 bits per heavy atom. The molecule has 0 aromatic heterocycles. The van der Waals surface area contributed by atoms with Crippen LogP contribution < -0.4 is 5.32 Å². The molecule has 0 amide bonds. The van der Waals surface area contributed by atoms with E-state index in [1.54, 1.807) is 0 Å². The highest BCUT2D eigenvalue weighted by atomic mass is 16.5. The molecule has 21 heavy (non-hydrogen) atoms. The van der Waals surface area contributed by atoms with Gasteiger partial charge in [-0.3, -0.25) is 0 Å². The summed E-state index contributed by atoms with van der Waals surface area (Å²) in [5.74, 6) is 0.661. The van der Waals surface area contributed by atoms with Crippen LogP contribution >= 0.6 is 0 Å². The summed E-state index contributed by atoms with van der Waals surface area (Å²) in [6, 6.07) is 19.3. The molecule has 1 N–H and O–H groups in total. The summed E-state index contributed by atoms with van der Waals surface area (Å²) in [5.41, 5.74) is 3.88. The van der Waals surface area contributed by atoms with E-state index in [2.05, 4.69) is 66.8 Å². The fourth-order valence-corrected chi connectivity index (χ4v) is 2.89. The van der Waals surface area contributed by atoms with Gasteiger partial charge in [-0.05, 0) is 36.0 Å². The van der Waals surface area contributed by atoms with Crippen molar-refractivity contribution < 1.29 is 4.74 Å². The standard InChI is InChI=1S/C19H23NO/c1-15-19(11-12-21-15)14-20-13-16-7-9-18(10-8-16)17-5-3-2-4-6-17/h2-10,15,19-20H,11-14H2,1H3. The van der Waals surface area contributed by atoms with Crippen LogP contribution in [0.1, 0.15) is 18.9 Å². The zero-order valence-electron chi connectivity index (χ0n) is 12.6. The Labute approximate surface area is 127 Å². The largest absolute Gasteiger partial charge is 0.378 e. The molecule has 1 aliphatic heterocycles. The van der Waals surface area contributed by atoms with Crippen molar-refractivity contribution >= 4 is 0 Å². The quantitative estimate of drug-likeness (QED) is 0.898. The van der Waals surface area contributed by atoms with Crippen LogP contribution in [0.25, 0.3) is 11.1 Å². The molecule has 1 fully saturated rings. The van der Waals surface area contributed by atoms with E-state index in [-0.39, 0.29) is 0 Å². The summed E-state index contributed by atoms with van der Waals surface area (Å²) in [4.78, 5) is 0. The molecule has 0 radical (unpaired) electrons. The number of benzene rings is 2. The lowest BCUT2D eigenvalue weighted by molar-refractivity contribution is 0.105. The maximum absolute atomic E-state index is 5.59. The van der Waals surface area contributed by atoms with Crippen molar-refractivity contribution in [3.63, 3.8) is 0 Å². The second kappa shape index (κ2) is 6.88. The first-order chi connectivity index (χ1) is 10.3. The maximum atomic E-state index is 5.59. The lowest BCUT2D eigenvalue weighted by Gasteiger charge is -2.14. The van der Waals surface area contributed by atoms with Gasteiger partial charge in [-0.25, -0.2) is 0 Å². The van der Waals surface area contributed by atoms with Crippen LogP contribution in [-0.4, -0.2) is 19.3 Å². The average molecular weight is 281 g/mol. The van der Waals surface area contributed by atoms with Gasteiger partial charge in [0.2, 0.25) is 0 Å². The molecule has 1 aliphatic rings. The molecule has 110 valence electrons. The number of hydrogen-bond acceptors (Lipinski definition) is 2. The predicted molar refractivity (Wildman–Crippen MR) is 87.1 cm³/mol. The summed E-state index contributed by atoms with van der Waals surface area (Å²) in [5, 5.41) is 3.55. The van der Waals surface area contributed by atoms with Gasteiger partial charge >= 0.3 is 0 Å². The average Bonchev–Trinajstić information content (AvgIpc) is 2.94. The van der Waals surface area contributed by atoms with Crippen LogP contribution in [0.4, 0.5) is 0 Å². The van der Waals surface area contributed by atoms with E-state index in [1.165, 1.54) is 23.1 Å². The monoisotopic (exact) mass is 281 g/mol. The van der Waals surface area contributed by atoms with Gasteiger partial charge in [0, 0.05) is 19.7 Å². The third-order valence-corrected chi connectivity index (χ3v) is 4.33. The van der Waals surface area contributed by atoms with E-state index in [1.807, 2.05) is 0 Å². The van der Waals surface area contributed by atoms with Crippen LogP contribution in [0.3, 0.4) is 0 Å². The third-order valence-electron chi connectivity index (χ3n) is 4.33. The van der Waals surface area contributed by atoms with Gasteiger partial charge in [-0.15, -0.1) is 0 Å². The van der Waals surface area contributed by atoms with E-state index in [9.17, 15) is 0 Å². The van der Waals surface area contributed by atoms with Crippen LogP contribution in [0.15, 0.2) is 54.6 Å². The minimum absolute atomic E-state index is 0.401. The van der Waals surface area contributed by atoms with E-state index >= 15 is 0 Å². The Balaban J connectivity index is 1.53. The summed E-state index contributed by atoms with van der Waals surface area (Å²) in [7, 11) is 0. The molecule has 2 heteroatoms. The van der Waals surface area contributed by atoms with Gasteiger partial charge < -0.3 is 10.1 Å². The second-order valence-corrected chi connectivity index (χ2v) is 5.82. The van der Waals surface area contributed by atoms with Crippen molar-refractivity contribution in [3.05, 3.63) is 60.2 Å². The smallest absolute Gasteiger partial charge is 0.0588 e. The first-order valence-electron chi connectivity index (χ1n) is 7.79. The lowest BCUT2D eigenvalue weighted by Crippen LogP contribution is -2.26. The molecular weight excluding hydrogens is 258 g/mol. The minimum atomic E-state index is 0.401. The van der Waals surface area contributed by atoms with Crippen LogP contribution in [0.5, 0.6) is 0 Å². The Morgan fingerprint density at radius 3 is 2.38 bits per heavy atom. The highest BCUT2D eigenvalue weighted by Crippen LogP contribution is 2.20. The Bertz CT molecular complexity index is 550. The number of nitrogens with one attached hydrogen (secondary N) is 1. The molecule has 0 saturated carbocycles. The molecule has 2 aromatic carbocycles. The molecule has 1 heterocycles. The van der Waals surface area contributed by atoms with Gasteiger partial charge in [0.25, 0.3) is 0 Å². The summed E-state index contributed by atoms with van der Waals surface area (Å²) in [6.07, 6.45) is 1.58. The first kappa shape index (κ1) is 14.3. The van der Waals surface area contributed by atoms with Gasteiger partial charge in [-0.1, -0.05) is 54.6 Å². The SMILES string of the molecule is CC1OCCC1CNCc1ccc(-c2ccccc2)cc1. The molecule has 1 saturated heterocycles. The molecule has 2 unspecified atom stereocenters.